The Bertz CT molecular complexity index is 445. The molecule has 1 fully saturated rings. The Morgan fingerprint density at radius 3 is 2.94 bits per heavy atom. The number of amides is 1. The molecule has 0 unspecified atom stereocenters. The maximum atomic E-state index is 13.3. The second kappa shape index (κ2) is 4.99. The third-order valence-electron chi connectivity index (χ3n) is 2.95. The van der Waals surface area contributed by atoms with Crippen molar-refractivity contribution in [3.05, 3.63) is 41.7 Å². The third-order valence-corrected chi connectivity index (χ3v) is 2.95. The summed E-state index contributed by atoms with van der Waals surface area (Å²) in [4.78, 5) is 12.3. The van der Waals surface area contributed by atoms with Crippen molar-refractivity contribution in [2.45, 2.75) is 18.9 Å². The summed E-state index contributed by atoms with van der Waals surface area (Å²) in [6.07, 6.45) is 4.17. The van der Waals surface area contributed by atoms with Crippen LogP contribution in [0.2, 0.25) is 0 Å². The molecule has 3 nitrogen and oxygen atoms in total. The summed E-state index contributed by atoms with van der Waals surface area (Å²) in [5.74, 6) is -0.288. The topological polar surface area (TPSA) is 40.5 Å². The lowest BCUT2D eigenvalue weighted by atomic mass is 10.1. The van der Waals surface area contributed by atoms with Crippen LogP contribution < -0.4 is 0 Å². The largest absolute Gasteiger partial charge is 0.465 e. The number of carboxylic acid groups (broad SMARTS) is 1. The molecule has 0 aromatic heterocycles. The lowest BCUT2D eigenvalue weighted by Gasteiger charge is -2.17. The number of benzene rings is 1. The van der Waals surface area contributed by atoms with Crippen molar-refractivity contribution in [2.75, 3.05) is 6.54 Å². The molecule has 1 N–H and O–H groups in total. The van der Waals surface area contributed by atoms with E-state index in [-0.39, 0.29) is 11.9 Å². The van der Waals surface area contributed by atoms with Crippen LogP contribution in [0.4, 0.5) is 9.18 Å². The molecule has 0 radical (unpaired) electrons. The molecule has 4 heteroatoms. The van der Waals surface area contributed by atoms with Gasteiger partial charge < -0.3 is 10.0 Å². The van der Waals surface area contributed by atoms with Gasteiger partial charge in [-0.2, -0.15) is 0 Å². The molecule has 1 aliphatic heterocycles. The summed E-state index contributed by atoms with van der Waals surface area (Å²) in [6, 6.07) is 6.32. The van der Waals surface area contributed by atoms with E-state index in [4.69, 9.17) is 5.11 Å². The van der Waals surface area contributed by atoms with Crippen LogP contribution in [-0.4, -0.2) is 28.7 Å². The van der Waals surface area contributed by atoms with E-state index in [2.05, 4.69) is 0 Å². The van der Waals surface area contributed by atoms with Crippen LogP contribution in [0.1, 0.15) is 18.4 Å². The van der Waals surface area contributed by atoms with Crippen LogP contribution in [0.15, 0.2) is 30.3 Å². The monoisotopic (exact) mass is 235 g/mol. The summed E-state index contributed by atoms with van der Waals surface area (Å²) < 4.78 is 13.3. The maximum absolute atomic E-state index is 13.3. The van der Waals surface area contributed by atoms with E-state index in [0.717, 1.165) is 12.8 Å². The van der Waals surface area contributed by atoms with Crippen molar-refractivity contribution in [3.63, 3.8) is 0 Å². The summed E-state index contributed by atoms with van der Waals surface area (Å²) >= 11 is 0. The van der Waals surface area contributed by atoms with E-state index in [1.807, 2.05) is 0 Å². The Morgan fingerprint density at radius 2 is 2.24 bits per heavy atom. The molecule has 1 aromatic carbocycles. The van der Waals surface area contributed by atoms with Gasteiger partial charge in [0, 0.05) is 12.1 Å². The molecule has 17 heavy (non-hydrogen) atoms. The molecular formula is C13H14FNO2. The number of likely N-dealkylation sites (tertiary alicyclic amines) is 1. The summed E-state index contributed by atoms with van der Waals surface area (Å²) in [7, 11) is 0. The van der Waals surface area contributed by atoms with E-state index in [9.17, 15) is 9.18 Å². The Balaban J connectivity index is 2.10. The van der Waals surface area contributed by atoms with Gasteiger partial charge in [0.25, 0.3) is 0 Å². The minimum Gasteiger partial charge on any atom is -0.465 e. The highest BCUT2D eigenvalue weighted by atomic mass is 19.1. The van der Waals surface area contributed by atoms with Crippen LogP contribution in [-0.2, 0) is 0 Å². The lowest BCUT2D eigenvalue weighted by molar-refractivity contribution is 0.147. The van der Waals surface area contributed by atoms with Crippen LogP contribution in [0.25, 0.3) is 6.08 Å². The fourth-order valence-corrected chi connectivity index (χ4v) is 2.06. The van der Waals surface area contributed by atoms with Crippen LogP contribution in [0, 0.1) is 5.82 Å². The van der Waals surface area contributed by atoms with Crippen LogP contribution in [0.5, 0.6) is 0 Å². The summed E-state index contributed by atoms with van der Waals surface area (Å²) in [5, 5.41) is 8.95. The Kier molecular flexibility index (Phi) is 3.42. The van der Waals surface area contributed by atoms with Crippen molar-refractivity contribution in [2.24, 2.45) is 0 Å². The zero-order valence-corrected chi connectivity index (χ0v) is 9.34. The highest BCUT2D eigenvalue weighted by molar-refractivity contribution is 5.66. The normalized spacial score (nSPS) is 20.1. The molecule has 0 bridgehead atoms. The minimum atomic E-state index is -0.911. The van der Waals surface area contributed by atoms with E-state index >= 15 is 0 Å². The van der Waals surface area contributed by atoms with Gasteiger partial charge in [-0.1, -0.05) is 30.4 Å². The highest BCUT2D eigenvalue weighted by Gasteiger charge is 2.26. The number of hydrogen-bond donors (Lipinski definition) is 1. The van der Waals surface area contributed by atoms with Gasteiger partial charge in [0.15, 0.2) is 0 Å². The molecule has 0 spiro atoms. The first-order chi connectivity index (χ1) is 8.18. The second-order valence-electron chi connectivity index (χ2n) is 4.07. The first kappa shape index (κ1) is 11.6. The van der Waals surface area contributed by atoms with Gasteiger partial charge in [-0.05, 0) is 18.9 Å². The fraction of sp³-hybridized carbons (Fsp3) is 0.308. The Labute approximate surface area is 99.2 Å². The Morgan fingerprint density at radius 1 is 1.47 bits per heavy atom. The average Bonchev–Trinajstić information content (AvgIpc) is 2.76. The van der Waals surface area contributed by atoms with Crippen molar-refractivity contribution >= 4 is 12.2 Å². The SMILES string of the molecule is O=C(O)N1CCC[C@@H]1/C=C/c1ccccc1F. The van der Waals surface area contributed by atoms with E-state index in [0.29, 0.717) is 12.1 Å². The zero-order valence-electron chi connectivity index (χ0n) is 9.34. The average molecular weight is 235 g/mol. The van der Waals surface area contributed by atoms with Crippen molar-refractivity contribution in [1.82, 2.24) is 4.90 Å². The summed E-state index contributed by atoms with van der Waals surface area (Å²) in [5.41, 5.74) is 0.490. The van der Waals surface area contributed by atoms with Crippen LogP contribution in [0.3, 0.4) is 0 Å². The molecule has 0 saturated carbocycles. The predicted octanol–water partition coefficient (Wildman–Crippen LogP) is 2.98. The maximum Gasteiger partial charge on any atom is 0.407 e. The van der Waals surface area contributed by atoms with Gasteiger partial charge in [-0.15, -0.1) is 0 Å². The van der Waals surface area contributed by atoms with Gasteiger partial charge in [0.2, 0.25) is 0 Å². The van der Waals surface area contributed by atoms with Gasteiger partial charge in [-0.3, -0.25) is 0 Å². The molecular weight excluding hydrogens is 221 g/mol. The molecule has 1 amide bonds. The highest BCUT2D eigenvalue weighted by Crippen LogP contribution is 2.19. The van der Waals surface area contributed by atoms with E-state index < -0.39 is 6.09 Å². The molecule has 90 valence electrons. The summed E-state index contributed by atoms with van der Waals surface area (Å²) in [6.45, 7) is 0.557. The van der Waals surface area contributed by atoms with E-state index in [1.165, 1.54) is 11.0 Å². The Hall–Kier alpha value is -1.84. The number of hydrogen-bond acceptors (Lipinski definition) is 1. The third kappa shape index (κ3) is 2.64. The van der Waals surface area contributed by atoms with Crippen LogP contribution >= 0.6 is 0 Å². The lowest BCUT2D eigenvalue weighted by Crippen LogP contribution is -2.32. The zero-order chi connectivity index (χ0) is 12.3. The molecule has 2 rings (SSSR count). The van der Waals surface area contributed by atoms with Gasteiger partial charge in [0.1, 0.15) is 5.82 Å². The van der Waals surface area contributed by atoms with Gasteiger partial charge in [-0.25, -0.2) is 9.18 Å². The number of halogens is 1. The minimum absolute atomic E-state index is 0.132. The first-order valence-electron chi connectivity index (χ1n) is 5.61. The molecule has 1 aliphatic rings. The van der Waals surface area contributed by atoms with E-state index in [1.54, 1.807) is 30.4 Å². The van der Waals surface area contributed by atoms with Crippen molar-refractivity contribution < 1.29 is 14.3 Å². The predicted molar refractivity (Wildman–Crippen MR) is 63.2 cm³/mol. The number of carbonyl (C=O) groups is 1. The molecule has 0 aliphatic carbocycles. The molecule has 1 aromatic rings. The quantitative estimate of drug-likeness (QED) is 0.856. The smallest absolute Gasteiger partial charge is 0.407 e. The van der Waals surface area contributed by atoms with Gasteiger partial charge in [0.05, 0.1) is 6.04 Å². The van der Waals surface area contributed by atoms with Gasteiger partial charge >= 0.3 is 6.09 Å². The second-order valence-corrected chi connectivity index (χ2v) is 4.07. The van der Waals surface area contributed by atoms with Crippen molar-refractivity contribution in [1.29, 1.82) is 0 Å². The fourth-order valence-electron chi connectivity index (χ4n) is 2.06. The molecule has 1 atom stereocenters. The molecule has 1 heterocycles. The standard InChI is InChI=1S/C13H14FNO2/c14-12-6-2-1-4-10(12)7-8-11-5-3-9-15(11)13(16)17/h1-2,4,6-8,11H,3,5,9H2,(H,16,17)/b8-7+/t11-/m1/s1. The first-order valence-corrected chi connectivity index (χ1v) is 5.61. The number of nitrogens with zero attached hydrogens (tertiary/aromatic N) is 1. The number of rotatable bonds is 2. The van der Waals surface area contributed by atoms with Crippen molar-refractivity contribution in [3.8, 4) is 0 Å². The molecule has 1 saturated heterocycles.